The van der Waals surface area contributed by atoms with Crippen LogP contribution in [0.3, 0.4) is 0 Å². The summed E-state index contributed by atoms with van der Waals surface area (Å²) in [5, 5.41) is 0. The van der Waals surface area contributed by atoms with Crippen LogP contribution in [0, 0.1) is 23.7 Å². The van der Waals surface area contributed by atoms with Gasteiger partial charge in [0.1, 0.15) is 0 Å². The van der Waals surface area contributed by atoms with Crippen LogP contribution in [0.1, 0.15) is 111 Å². The highest BCUT2D eigenvalue weighted by Crippen LogP contribution is 2.29. The van der Waals surface area contributed by atoms with Crippen LogP contribution in [0.5, 0.6) is 0 Å². The first kappa shape index (κ1) is 19.0. The molecule has 0 bridgehead atoms. The van der Waals surface area contributed by atoms with Crippen LogP contribution in [0.15, 0.2) is 0 Å². The van der Waals surface area contributed by atoms with Crippen LogP contribution in [0.25, 0.3) is 0 Å². The Morgan fingerprint density at radius 2 is 1.29 bits per heavy atom. The summed E-state index contributed by atoms with van der Waals surface area (Å²) in [6.45, 7) is 9.48. The molecule has 0 aromatic heterocycles. The molecular formula is C21H42. The lowest BCUT2D eigenvalue weighted by Gasteiger charge is -2.24. The van der Waals surface area contributed by atoms with Gasteiger partial charge in [-0.2, -0.15) is 0 Å². The highest BCUT2D eigenvalue weighted by atomic mass is 14.2. The fourth-order valence-electron chi connectivity index (χ4n) is 4.13. The molecule has 0 spiro atoms. The monoisotopic (exact) mass is 294 g/mol. The Kier molecular flexibility index (Phi) is 10.5. The molecule has 0 heteroatoms. The topological polar surface area (TPSA) is 0 Å². The average Bonchev–Trinajstić information content (AvgIpc) is 2.50. The van der Waals surface area contributed by atoms with Crippen molar-refractivity contribution in [3.05, 3.63) is 0 Å². The Balaban J connectivity index is 0.000000235. The van der Waals surface area contributed by atoms with Gasteiger partial charge in [-0.3, -0.25) is 0 Å². The van der Waals surface area contributed by atoms with Gasteiger partial charge < -0.3 is 0 Å². The fraction of sp³-hybridized carbons (Fsp3) is 1.00. The predicted octanol–water partition coefficient (Wildman–Crippen LogP) is 7.62. The van der Waals surface area contributed by atoms with Crippen molar-refractivity contribution in [1.29, 1.82) is 0 Å². The van der Waals surface area contributed by atoms with Crippen molar-refractivity contribution in [3.63, 3.8) is 0 Å². The van der Waals surface area contributed by atoms with E-state index in [0.29, 0.717) is 0 Å². The zero-order chi connectivity index (χ0) is 15.5. The zero-order valence-electron chi connectivity index (χ0n) is 15.5. The predicted molar refractivity (Wildman–Crippen MR) is 96.7 cm³/mol. The van der Waals surface area contributed by atoms with Gasteiger partial charge in [-0.1, -0.05) is 111 Å². The molecule has 0 saturated heterocycles. The maximum absolute atomic E-state index is 2.42. The van der Waals surface area contributed by atoms with Gasteiger partial charge >= 0.3 is 0 Å². The van der Waals surface area contributed by atoms with Crippen molar-refractivity contribution in [2.45, 2.75) is 111 Å². The molecule has 3 unspecified atom stereocenters. The third-order valence-electron chi connectivity index (χ3n) is 6.11. The van der Waals surface area contributed by atoms with Crippen molar-refractivity contribution < 1.29 is 0 Å². The minimum Gasteiger partial charge on any atom is -0.0654 e. The first-order chi connectivity index (χ1) is 10.1. The summed E-state index contributed by atoms with van der Waals surface area (Å²) in [6.07, 6.45) is 19.3. The van der Waals surface area contributed by atoms with Gasteiger partial charge in [0.15, 0.2) is 0 Å². The van der Waals surface area contributed by atoms with Crippen molar-refractivity contribution in [3.8, 4) is 0 Å². The van der Waals surface area contributed by atoms with Gasteiger partial charge in [-0.05, 0) is 23.7 Å². The summed E-state index contributed by atoms with van der Waals surface area (Å²) in [7, 11) is 0. The molecule has 2 rings (SSSR count). The Labute approximate surface area is 135 Å². The van der Waals surface area contributed by atoms with Gasteiger partial charge in [-0.15, -0.1) is 0 Å². The first-order valence-corrected chi connectivity index (χ1v) is 10.1. The lowest BCUT2D eigenvalue weighted by Crippen LogP contribution is -2.12. The number of hydrogen-bond donors (Lipinski definition) is 0. The van der Waals surface area contributed by atoms with Crippen LogP contribution >= 0.6 is 0 Å². The normalized spacial score (nSPS) is 28.6. The second-order valence-corrected chi connectivity index (χ2v) is 8.21. The van der Waals surface area contributed by atoms with Crippen LogP contribution in [0.4, 0.5) is 0 Å². The number of rotatable bonds is 5. The molecule has 0 aromatic carbocycles. The summed E-state index contributed by atoms with van der Waals surface area (Å²) < 4.78 is 0. The molecule has 2 aliphatic rings. The molecule has 2 aliphatic carbocycles. The molecule has 2 fully saturated rings. The van der Waals surface area contributed by atoms with Crippen LogP contribution in [-0.4, -0.2) is 0 Å². The lowest BCUT2D eigenvalue weighted by atomic mass is 9.82. The molecule has 0 aromatic rings. The van der Waals surface area contributed by atoms with Gasteiger partial charge in [0.25, 0.3) is 0 Å². The van der Waals surface area contributed by atoms with E-state index in [-0.39, 0.29) is 0 Å². The van der Waals surface area contributed by atoms with Gasteiger partial charge in [0.05, 0.1) is 0 Å². The molecule has 3 atom stereocenters. The highest BCUT2D eigenvalue weighted by Gasteiger charge is 2.15. The maximum atomic E-state index is 2.42. The molecule has 0 amide bonds. The second-order valence-electron chi connectivity index (χ2n) is 8.21. The smallest absolute Gasteiger partial charge is 0.0414 e. The van der Waals surface area contributed by atoms with Crippen LogP contribution < -0.4 is 0 Å². The summed E-state index contributed by atoms with van der Waals surface area (Å²) >= 11 is 0. The van der Waals surface area contributed by atoms with Crippen LogP contribution in [-0.2, 0) is 0 Å². The van der Waals surface area contributed by atoms with E-state index in [1.807, 2.05) is 0 Å². The van der Waals surface area contributed by atoms with Crippen molar-refractivity contribution in [1.82, 2.24) is 0 Å². The largest absolute Gasteiger partial charge is 0.0654 e. The molecule has 0 N–H and O–H groups in total. The minimum absolute atomic E-state index is 0.979. The van der Waals surface area contributed by atoms with E-state index in [0.717, 1.165) is 23.7 Å². The SMILES string of the molecule is CC1CCCCC1C.CCCC(C)CCC1CCCCC1. The summed E-state index contributed by atoms with van der Waals surface area (Å²) in [5.41, 5.74) is 0. The third kappa shape index (κ3) is 8.89. The molecule has 21 heavy (non-hydrogen) atoms. The lowest BCUT2D eigenvalue weighted by molar-refractivity contribution is 0.277. The van der Waals surface area contributed by atoms with Gasteiger partial charge in [0, 0.05) is 0 Å². The zero-order valence-corrected chi connectivity index (χ0v) is 15.5. The second kappa shape index (κ2) is 11.6. The average molecular weight is 295 g/mol. The third-order valence-corrected chi connectivity index (χ3v) is 6.11. The van der Waals surface area contributed by atoms with Crippen molar-refractivity contribution in [2.24, 2.45) is 23.7 Å². The molecule has 0 nitrogen and oxygen atoms in total. The Morgan fingerprint density at radius 3 is 1.76 bits per heavy atom. The van der Waals surface area contributed by atoms with E-state index < -0.39 is 0 Å². The number of hydrogen-bond acceptors (Lipinski definition) is 0. The molecule has 2 saturated carbocycles. The van der Waals surface area contributed by atoms with Crippen LogP contribution in [0.2, 0.25) is 0 Å². The Morgan fingerprint density at radius 1 is 0.762 bits per heavy atom. The Hall–Kier alpha value is 0. The van der Waals surface area contributed by atoms with E-state index in [1.165, 1.54) is 83.5 Å². The summed E-state index contributed by atoms with van der Waals surface area (Å²) in [5.74, 6) is 4.08. The van der Waals surface area contributed by atoms with E-state index in [1.54, 1.807) is 0 Å². The minimum atomic E-state index is 0.979. The summed E-state index contributed by atoms with van der Waals surface area (Å²) in [6, 6.07) is 0. The molecule has 0 heterocycles. The van der Waals surface area contributed by atoms with E-state index in [9.17, 15) is 0 Å². The van der Waals surface area contributed by atoms with E-state index in [2.05, 4.69) is 27.7 Å². The molecule has 0 aliphatic heterocycles. The fourth-order valence-corrected chi connectivity index (χ4v) is 4.13. The molecule has 126 valence electrons. The first-order valence-electron chi connectivity index (χ1n) is 10.1. The van der Waals surface area contributed by atoms with Crippen molar-refractivity contribution in [2.75, 3.05) is 0 Å². The Bertz CT molecular complexity index is 216. The molecular weight excluding hydrogens is 252 g/mol. The van der Waals surface area contributed by atoms with Gasteiger partial charge in [0.2, 0.25) is 0 Å². The van der Waals surface area contributed by atoms with Gasteiger partial charge in [-0.25, -0.2) is 0 Å². The maximum Gasteiger partial charge on any atom is -0.0414 e. The summed E-state index contributed by atoms with van der Waals surface area (Å²) in [4.78, 5) is 0. The highest BCUT2D eigenvalue weighted by molar-refractivity contribution is 4.68. The van der Waals surface area contributed by atoms with Crippen molar-refractivity contribution >= 4 is 0 Å². The molecule has 0 radical (unpaired) electrons. The van der Waals surface area contributed by atoms with E-state index >= 15 is 0 Å². The quantitative estimate of drug-likeness (QED) is 0.489. The standard InChI is InChI=1S/C13H26.C8H16/c1-3-7-12(2)10-11-13-8-5-4-6-9-13;1-7-5-3-4-6-8(7)2/h12-13H,3-11H2,1-2H3;7-8H,3-6H2,1-2H3. The van der Waals surface area contributed by atoms with E-state index in [4.69, 9.17) is 0 Å².